The molecule has 8 heteroatoms. The number of amides is 2. The summed E-state index contributed by atoms with van der Waals surface area (Å²) in [7, 11) is 0. The van der Waals surface area contributed by atoms with Crippen LogP contribution in [0.5, 0.6) is 0 Å². The van der Waals surface area contributed by atoms with Crippen molar-refractivity contribution in [3.8, 4) is 0 Å². The predicted molar refractivity (Wildman–Crippen MR) is 115 cm³/mol. The van der Waals surface area contributed by atoms with Gasteiger partial charge in [-0.05, 0) is 35.4 Å². The van der Waals surface area contributed by atoms with Gasteiger partial charge in [0.2, 0.25) is 11.8 Å². The van der Waals surface area contributed by atoms with E-state index in [1.807, 2.05) is 24.3 Å². The van der Waals surface area contributed by atoms with Crippen LogP contribution in [0, 0.1) is 5.41 Å². The van der Waals surface area contributed by atoms with Crippen molar-refractivity contribution in [3.05, 3.63) is 65.7 Å². The Hall–Kier alpha value is -3.03. The Balaban J connectivity index is 1.57. The highest BCUT2D eigenvalue weighted by Crippen LogP contribution is 2.50. The highest BCUT2D eigenvalue weighted by atomic mass is 19.4. The van der Waals surface area contributed by atoms with E-state index < -0.39 is 23.4 Å². The number of nitrogens with two attached hydrogens (primary N) is 1. The van der Waals surface area contributed by atoms with Crippen LogP contribution in [-0.2, 0) is 9.59 Å². The Labute approximate surface area is 184 Å². The molecule has 2 atom stereocenters. The lowest BCUT2D eigenvalue weighted by atomic mass is 9.62. The highest BCUT2D eigenvalue weighted by molar-refractivity contribution is 5.85. The maximum Gasteiger partial charge on any atom is 0.404 e. The second-order valence-electron chi connectivity index (χ2n) is 8.74. The molecule has 2 fully saturated rings. The van der Waals surface area contributed by atoms with E-state index in [2.05, 4.69) is 5.32 Å². The molecule has 1 spiro atoms. The van der Waals surface area contributed by atoms with Gasteiger partial charge >= 0.3 is 6.18 Å². The van der Waals surface area contributed by atoms with Gasteiger partial charge in [0, 0.05) is 37.7 Å². The summed E-state index contributed by atoms with van der Waals surface area (Å²) in [5, 5.41) is 2.90. The van der Waals surface area contributed by atoms with E-state index in [4.69, 9.17) is 5.73 Å². The van der Waals surface area contributed by atoms with Crippen LogP contribution in [0.4, 0.5) is 18.9 Å². The number of likely N-dealkylation sites (tertiary alicyclic amines) is 1. The molecule has 0 bridgehead atoms. The maximum atomic E-state index is 13.8. The van der Waals surface area contributed by atoms with E-state index in [-0.39, 0.29) is 36.9 Å². The standard InChI is InChI=1S/C24H26F3N3O2/c25-24(26,27)21(16-6-2-1-3-7-16)22(32)30-12-10-23(11-13-30)14-20(31)29-15-18(23)17-8-4-5-9-19(17)28/h1-9,18,21H,10-15,28H2,(H,29,31). The fourth-order valence-electron chi connectivity index (χ4n) is 5.20. The molecule has 2 amide bonds. The number of anilines is 1. The molecule has 0 saturated carbocycles. The number of carbonyl (C=O) groups excluding carboxylic acids is 2. The number of rotatable bonds is 3. The molecule has 3 N–H and O–H groups in total. The molecule has 5 nitrogen and oxygen atoms in total. The van der Waals surface area contributed by atoms with E-state index in [1.54, 1.807) is 6.07 Å². The van der Waals surface area contributed by atoms with Crippen LogP contribution >= 0.6 is 0 Å². The molecule has 2 saturated heterocycles. The normalized spacial score (nSPS) is 21.8. The van der Waals surface area contributed by atoms with Gasteiger partial charge in [-0.2, -0.15) is 13.2 Å². The van der Waals surface area contributed by atoms with Crippen molar-refractivity contribution in [2.24, 2.45) is 5.41 Å². The lowest BCUT2D eigenvalue weighted by molar-refractivity contribution is -0.173. The first-order valence-corrected chi connectivity index (χ1v) is 10.7. The molecular formula is C24H26F3N3O2. The average molecular weight is 445 g/mol. The van der Waals surface area contributed by atoms with Crippen molar-refractivity contribution >= 4 is 17.5 Å². The van der Waals surface area contributed by atoms with Gasteiger partial charge in [-0.1, -0.05) is 48.5 Å². The van der Waals surface area contributed by atoms with E-state index in [9.17, 15) is 22.8 Å². The summed E-state index contributed by atoms with van der Waals surface area (Å²) in [5.41, 5.74) is 7.27. The van der Waals surface area contributed by atoms with E-state index in [0.717, 1.165) is 5.56 Å². The molecule has 2 unspecified atom stereocenters. The Morgan fingerprint density at radius 1 is 1.06 bits per heavy atom. The number of benzene rings is 2. The first-order valence-electron chi connectivity index (χ1n) is 10.7. The minimum atomic E-state index is -4.68. The lowest BCUT2D eigenvalue weighted by Crippen LogP contribution is -2.54. The topological polar surface area (TPSA) is 75.4 Å². The average Bonchev–Trinajstić information content (AvgIpc) is 2.75. The van der Waals surface area contributed by atoms with Crippen LogP contribution in [-0.4, -0.2) is 42.5 Å². The molecule has 0 aromatic heterocycles. The van der Waals surface area contributed by atoms with Gasteiger partial charge in [0.25, 0.3) is 0 Å². The Morgan fingerprint density at radius 3 is 2.31 bits per heavy atom. The zero-order valence-electron chi connectivity index (χ0n) is 17.6. The molecule has 2 aliphatic heterocycles. The van der Waals surface area contributed by atoms with Crippen LogP contribution in [0.3, 0.4) is 0 Å². The van der Waals surface area contributed by atoms with Crippen LogP contribution in [0.25, 0.3) is 0 Å². The molecular weight excluding hydrogens is 419 g/mol. The predicted octanol–water partition coefficient (Wildman–Crippen LogP) is 3.83. The molecule has 32 heavy (non-hydrogen) atoms. The summed E-state index contributed by atoms with van der Waals surface area (Å²) in [6, 6.07) is 14.8. The van der Waals surface area contributed by atoms with E-state index in [1.165, 1.54) is 29.2 Å². The second kappa shape index (κ2) is 8.48. The van der Waals surface area contributed by atoms with Gasteiger partial charge in [0.05, 0.1) is 0 Å². The summed E-state index contributed by atoms with van der Waals surface area (Å²) in [5.74, 6) is -3.25. The molecule has 0 aliphatic carbocycles. The zero-order chi connectivity index (χ0) is 22.9. The summed E-state index contributed by atoms with van der Waals surface area (Å²) in [6.45, 7) is 0.777. The lowest BCUT2D eigenvalue weighted by Gasteiger charge is -2.49. The van der Waals surface area contributed by atoms with Crippen molar-refractivity contribution in [2.45, 2.75) is 37.3 Å². The molecule has 2 aromatic carbocycles. The Kier molecular flexibility index (Phi) is 5.88. The van der Waals surface area contributed by atoms with E-state index in [0.29, 0.717) is 25.1 Å². The van der Waals surface area contributed by atoms with E-state index >= 15 is 0 Å². The molecule has 2 heterocycles. The SMILES string of the molecule is Nc1ccccc1C1CNC(=O)CC12CCN(C(=O)C(c1ccccc1)C(F)(F)F)CC2. The minimum Gasteiger partial charge on any atom is -0.398 e. The largest absolute Gasteiger partial charge is 0.404 e. The number of nitrogen functional groups attached to an aromatic ring is 1. The van der Waals surface area contributed by atoms with Crippen molar-refractivity contribution in [1.29, 1.82) is 0 Å². The summed E-state index contributed by atoms with van der Waals surface area (Å²) < 4.78 is 41.5. The van der Waals surface area contributed by atoms with Crippen LogP contribution in [0.1, 0.15) is 42.2 Å². The number of nitrogens with one attached hydrogen (secondary N) is 1. The first kappa shape index (κ1) is 22.2. The molecule has 0 radical (unpaired) electrons. The monoisotopic (exact) mass is 445 g/mol. The Bertz CT molecular complexity index is 985. The summed E-state index contributed by atoms with van der Waals surface area (Å²) >= 11 is 0. The van der Waals surface area contributed by atoms with Gasteiger partial charge in [0.15, 0.2) is 5.92 Å². The molecule has 170 valence electrons. The molecule has 4 rings (SSSR count). The van der Waals surface area contributed by atoms with Gasteiger partial charge in [0.1, 0.15) is 0 Å². The number of para-hydroxylation sites is 1. The van der Waals surface area contributed by atoms with Crippen LogP contribution in [0.2, 0.25) is 0 Å². The fraction of sp³-hybridized carbons (Fsp3) is 0.417. The van der Waals surface area contributed by atoms with Crippen molar-refractivity contribution in [3.63, 3.8) is 0 Å². The van der Waals surface area contributed by atoms with Crippen molar-refractivity contribution in [2.75, 3.05) is 25.4 Å². The number of nitrogens with zero attached hydrogens (tertiary/aromatic N) is 1. The fourth-order valence-corrected chi connectivity index (χ4v) is 5.20. The number of piperidine rings is 2. The zero-order valence-corrected chi connectivity index (χ0v) is 17.6. The van der Waals surface area contributed by atoms with Gasteiger partial charge in [-0.3, -0.25) is 9.59 Å². The highest BCUT2D eigenvalue weighted by Gasteiger charge is 2.51. The third-order valence-corrected chi connectivity index (χ3v) is 6.90. The van der Waals surface area contributed by atoms with Crippen LogP contribution < -0.4 is 11.1 Å². The van der Waals surface area contributed by atoms with Crippen molar-refractivity contribution in [1.82, 2.24) is 10.2 Å². The van der Waals surface area contributed by atoms with Gasteiger partial charge < -0.3 is 16.0 Å². The van der Waals surface area contributed by atoms with Gasteiger partial charge in [-0.15, -0.1) is 0 Å². The number of hydrogen-bond acceptors (Lipinski definition) is 3. The molecule has 2 aromatic rings. The number of hydrogen-bond donors (Lipinski definition) is 2. The third-order valence-electron chi connectivity index (χ3n) is 6.90. The smallest absolute Gasteiger partial charge is 0.398 e. The van der Waals surface area contributed by atoms with Gasteiger partial charge in [-0.25, -0.2) is 0 Å². The summed E-state index contributed by atoms with van der Waals surface area (Å²) in [6.07, 6.45) is -3.51. The number of alkyl halides is 3. The Morgan fingerprint density at radius 2 is 1.69 bits per heavy atom. The number of halogens is 3. The molecule has 2 aliphatic rings. The number of carbonyl (C=O) groups is 2. The second-order valence-corrected chi connectivity index (χ2v) is 8.74. The van der Waals surface area contributed by atoms with Crippen molar-refractivity contribution < 1.29 is 22.8 Å². The minimum absolute atomic E-state index is 0.0498. The first-order chi connectivity index (χ1) is 15.2. The maximum absolute atomic E-state index is 13.8. The van der Waals surface area contributed by atoms with Crippen LogP contribution in [0.15, 0.2) is 54.6 Å². The third kappa shape index (κ3) is 4.18. The quantitative estimate of drug-likeness (QED) is 0.706. The summed E-state index contributed by atoms with van der Waals surface area (Å²) in [4.78, 5) is 26.6.